The van der Waals surface area contributed by atoms with Gasteiger partial charge in [-0.3, -0.25) is 4.90 Å². The van der Waals surface area contributed by atoms with E-state index < -0.39 is 5.97 Å². The van der Waals surface area contributed by atoms with Gasteiger partial charge in [0.1, 0.15) is 11.3 Å². The third-order valence-electron chi connectivity index (χ3n) is 5.50. The number of likely N-dealkylation sites (N-methyl/N-ethyl adjacent to an activating group) is 1. The number of phenols is 1. The first-order chi connectivity index (χ1) is 15.8. The summed E-state index contributed by atoms with van der Waals surface area (Å²) in [7, 11) is 4.01. The number of nitrogens with zero attached hydrogens (tertiary/aromatic N) is 3. The molecule has 0 aliphatic carbocycles. The van der Waals surface area contributed by atoms with Crippen LogP contribution in [0.15, 0.2) is 46.9 Å². The largest absolute Gasteiger partial charge is 0.508 e. The molecular formula is C24H31ClN4O4. The van der Waals surface area contributed by atoms with Crippen molar-refractivity contribution < 1.29 is 19.4 Å². The van der Waals surface area contributed by atoms with Gasteiger partial charge in [-0.1, -0.05) is 29.8 Å². The molecule has 0 bridgehead atoms. The van der Waals surface area contributed by atoms with Crippen LogP contribution in [0.5, 0.6) is 5.75 Å². The van der Waals surface area contributed by atoms with Crippen molar-refractivity contribution in [2.24, 2.45) is 5.73 Å². The highest BCUT2D eigenvalue weighted by atomic mass is 35.5. The van der Waals surface area contributed by atoms with Gasteiger partial charge >= 0.3 is 5.97 Å². The average Bonchev–Trinajstić information content (AvgIpc) is 3.23. The molecule has 0 spiro atoms. The van der Waals surface area contributed by atoms with E-state index in [1.165, 1.54) is 6.07 Å². The first-order valence-corrected chi connectivity index (χ1v) is 11.2. The predicted octanol–water partition coefficient (Wildman–Crippen LogP) is 3.32. The minimum atomic E-state index is -1.11. The zero-order valence-electron chi connectivity index (χ0n) is 19.0. The molecule has 4 N–H and O–H groups in total. The number of benzene rings is 2. The maximum absolute atomic E-state index is 11.1. The Hall–Kier alpha value is -2.78. The minimum absolute atomic E-state index is 0.114. The van der Waals surface area contributed by atoms with E-state index in [2.05, 4.69) is 14.7 Å². The lowest BCUT2D eigenvalue weighted by atomic mass is 10.1. The number of piperazine rings is 1. The number of fused-ring (bicyclic) bond motifs is 1. The number of halogens is 1. The van der Waals surface area contributed by atoms with Crippen molar-refractivity contribution in [2.75, 3.05) is 58.3 Å². The number of hydrogen-bond acceptors (Lipinski definition) is 7. The fourth-order valence-corrected chi connectivity index (χ4v) is 4.04. The van der Waals surface area contributed by atoms with E-state index in [1.807, 2.05) is 38.4 Å². The molecule has 1 saturated heterocycles. The number of carbonyl (C=O) groups is 1. The molecule has 0 atom stereocenters. The average molecular weight is 475 g/mol. The van der Waals surface area contributed by atoms with Crippen molar-refractivity contribution in [3.63, 3.8) is 0 Å². The Morgan fingerprint density at radius 3 is 2.42 bits per heavy atom. The summed E-state index contributed by atoms with van der Waals surface area (Å²) in [5, 5.41) is 20.2. The van der Waals surface area contributed by atoms with Crippen molar-refractivity contribution in [3.8, 4) is 5.75 Å². The Kier molecular flexibility index (Phi) is 8.57. The van der Waals surface area contributed by atoms with Crippen LogP contribution in [-0.4, -0.2) is 79.3 Å². The monoisotopic (exact) mass is 474 g/mol. The zero-order valence-corrected chi connectivity index (χ0v) is 19.8. The molecule has 0 saturated carbocycles. The van der Waals surface area contributed by atoms with Crippen molar-refractivity contribution >= 4 is 34.2 Å². The summed E-state index contributed by atoms with van der Waals surface area (Å²) < 4.78 is 5.31. The molecule has 0 radical (unpaired) electrons. The Balaban J connectivity index is 0.000000454. The van der Waals surface area contributed by atoms with Gasteiger partial charge in [-0.25, -0.2) is 4.79 Å². The van der Waals surface area contributed by atoms with Gasteiger partial charge < -0.3 is 30.2 Å². The second kappa shape index (κ2) is 11.4. The van der Waals surface area contributed by atoms with Crippen molar-refractivity contribution in [1.29, 1.82) is 0 Å². The van der Waals surface area contributed by atoms with Crippen LogP contribution < -0.4 is 10.6 Å². The smallest absolute Gasteiger partial charge is 0.371 e. The lowest BCUT2D eigenvalue weighted by Crippen LogP contribution is -2.46. The number of aromatic hydroxyl groups is 1. The number of carboxylic acids is 1. The molecular weight excluding hydrogens is 444 g/mol. The van der Waals surface area contributed by atoms with Gasteiger partial charge in [-0.05, 0) is 32.3 Å². The number of anilines is 1. The lowest BCUT2D eigenvalue weighted by molar-refractivity contribution is 0.0665. The minimum Gasteiger partial charge on any atom is -0.508 e. The van der Waals surface area contributed by atoms with E-state index in [0.29, 0.717) is 28.3 Å². The van der Waals surface area contributed by atoms with Gasteiger partial charge in [0.05, 0.1) is 10.7 Å². The second-order valence-electron chi connectivity index (χ2n) is 8.21. The van der Waals surface area contributed by atoms with Crippen LogP contribution in [0.2, 0.25) is 5.02 Å². The van der Waals surface area contributed by atoms with Crippen LogP contribution in [0, 0.1) is 0 Å². The quantitative estimate of drug-likeness (QED) is 0.499. The standard InChI is InChI=1S/C20H19ClN2O4.C4H12N2/c21-19-14-11-18(20(25)26)27-17(14)6-5-15(19)23-9-7-22(8-10-23)12-13-3-1-2-4-16(13)24;1-6(2)4-3-5/h1-6,11,24H,7-10,12H2,(H,25,26);3-5H2,1-2H3. The molecule has 2 aromatic carbocycles. The molecule has 8 nitrogen and oxygen atoms in total. The van der Waals surface area contributed by atoms with E-state index in [0.717, 1.165) is 50.5 Å². The lowest BCUT2D eigenvalue weighted by Gasteiger charge is -2.36. The Morgan fingerprint density at radius 2 is 1.85 bits per heavy atom. The first kappa shape index (κ1) is 24.9. The molecule has 0 unspecified atom stereocenters. The van der Waals surface area contributed by atoms with Crippen molar-refractivity contribution in [3.05, 3.63) is 58.8 Å². The Bertz CT molecular complexity index is 1080. The maximum atomic E-state index is 11.1. The van der Waals surface area contributed by atoms with E-state index in [9.17, 15) is 9.90 Å². The van der Waals surface area contributed by atoms with Gasteiger partial charge in [0.2, 0.25) is 5.76 Å². The number of rotatable bonds is 6. The third kappa shape index (κ3) is 6.39. The van der Waals surface area contributed by atoms with Crippen LogP contribution >= 0.6 is 11.6 Å². The summed E-state index contributed by atoms with van der Waals surface area (Å²) in [4.78, 5) is 17.6. The fourth-order valence-electron chi connectivity index (χ4n) is 3.71. The number of nitrogens with two attached hydrogens (primary N) is 1. The highest BCUT2D eigenvalue weighted by Crippen LogP contribution is 2.36. The van der Waals surface area contributed by atoms with Crippen LogP contribution in [0.25, 0.3) is 11.0 Å². The summed E-state index contributed by atoms with van der Waals surface area (Å²) in [6.45, 7) is 5.72. The summed E-state index contributed by atoms with van der Waals surface area (Å²) in [5.41, 5.74) is 7.46. The molecule has 4 rings (SSSR count). The molecule has 1 aliphatic heterocycles. The highest BCUT2D eigenvalue weighted by Gasteiger charge is 2.22. The molecule has 1 fully saturated rings. The second-order valence-corrected chi connectivity index (χ2v) is 8.59. The molecule has 2 heterocycles. The van der Waals surface area contributed by atoms with Gasteiger partial charge in [-0.15, -0.1) is 0 Å². The zero-order chi connectivity index (χ0) is 24.0. The number of aromatic carboxylic acids is 1. The van der Waals surface area contributed by atoms with Gasteiger partial charge in [-0.2, -0.15) is 0 Å². The third-order valence-corrected chi connectivity index (χ3v) is 5.90. The summed E-state index contributed by atoms with van der Waals surface area (Å²) in [5.74, 6) is -0.902. The molecule has 1 aromatic heterocycles. The van der Waals surface area contributed by atoms with E-state index >= 15 is 0 Å². The number of para-hydroxylation sites is 1. The fraction of sp³-hybridized carbons (Fsp3) is 0.375. The molecule has 1 aliphatic rings. The summed E-state index contributed by atoms with van der Waals surface area (Å²) in [6.07, 6.45) is 0. The van der Waals surface area contributed by atoms with E-state index in [1.54, 1.807) is 12.1 Å². The molecule has 0 amide bonds. The molecule has 178 valence electrons. The summed E-state index contributed by atoms with van der Waals surface area (Å²) in [6, 6.07) is 12.5. The number of phenolic OH excluding ortho intramolecular Hbond substituents is 1. The SMILES string of the molecule is CN(C)CCN.O=C(O)c1cc2c(Cl)c(N3CCN(Cc4ccccc4O)CC3)ccc2o1. The van der Waals surface area contributed by atoms with Gasteiger partial charge in [0.25, 0.3) is 0 Å². The number of hydrogen-bond donors (Lipinski definition) is 3. The Labute approximate surface area is 198 Å². The topological polar surface area (TPSA) is 106 Å². The Morgan fingerprint density at radius 1 is 1.15 bits per heavy atom. The van der Waals surface area contributed by atoms with Crippen molar-refractivity contribution in [2.45, 2.75) is 6.54 Å². The van der Waals surface area contributed by atoms with Crippen LogP contribution in [0.4, 0.5) is 5.69 Å². The number of furan rings is 1. The summed E-state index contributed by atoms with van der Waals surface area (Å²) >= 11 is 6.54. The van der Waals surface area contributed by atoms with Crippen LogP contribution in [0.1, 0.15) is 16.1 Å². The normalized spacial score (nSPS) is 14.4. The first-order valence-electron chi connectivity index (χ1n) is 10.8. The molecule has 33 heavy (non-hydrogen) atoms. The highest BCUT2D eigenvalue weighted by molar-refractivity contribution is 6.38. The van der Waals surface area contributed by atoms with Gasteiger partial charge in [0, 0.05) is 62.8 Å². The van der Waals surface area contributed by atoms with Gasteiger partial charge in [0.15, 0.2) is 0 Å². The number of carboxylic acid groups (broad SMARTS) is 1. The molecule has 9 heteroatoms. The van der Waals surface area contributed by atoms with Crippen molar-refractivity contribution in [1.82, 2.24) is 9.80 Å². The van der Waals surface area contributed by atoms with E-state index in [4.69, 9.17) is 26.9 Å². The predicted molar refractivity (Wildman–Crippen MR) is 131 cm³/mol. The maximum Gasteiger partial charge on any atom is 0.371 e. The molecule has 3 aromatic rings. The van der Waals surface area contributed by atoms with Crippen LogP contribution in [-0.2, 0) is 6.54 Å². The van der Waals surface area contributed by atoms with E-state index in [-0.39, 0.29) is 5.76 Å². The van der Waals surface area contributed by atoms with Crippen LogP contribution in [0.3, 0.4) is 0 Å².